The van der Waals surface area contributed by atoms with Crippen molar-refractivity contribution < 1.29 is 23.9 Å². The summed E-state index contributed by atoms with van der Waals surface area (Å²) in [6, 6.07) is 9.39. The van der Waals surface area contributed by atoms with Crippen molar-refractivity contribution >= 4 is 85.8 Å². The number of aryl methyl sites for hydroxylation is 1. The molecular formula is C25H20BrCl3N2O5. The molecule has 2 aromatic carbocycles. The number of imide groups is 1. The van der Waals surface area contributed by atoms with Gasteiger partial charge in [-0.1, -0.05) is 17.7 Å². The molecule has 0 aromatic heterocycles. The second kappa shape index (κ2) is 9.63. The number of carbonyl (C=O) groups is 4. The van der Waals surface area contributed by atoms with E-state index in [1.54, 1.807) is 31.2 Å². The van der Waals surface area contributed by atoms with Crippen LogP contribution in [0.15, 0.2) is 40.9 Å². The highest BCUT2D eigenvalue weighted by atomic mass is 79.9. The number of fused-ring (bicyclic) bond motifs is 5. The Bertz CT molecular complexity index is 1270. The van der Waals surface area contributed by atoms with Crippen LogP contribution in [-0.2, 0) is 19.1 Å². The van der Waals surface area contributed by atoms with Crippen LogP contribution in [0.1, 0.15) is 22.3 Å². The van der Waals surface area contributed by atoms with Crippen molar-refractivity contribution in [1.82, 2.24) is 0 Å². The van der Waals surface area contributed by atoms with E-state index in [2.05, 4.69) is 21.2 Å². The number of carbonyl (C=O) groups excluding carboxylic acids is 4. The highest BCUT2D eigenvalue weighted by Gasteiger charge is 2.66. The number of nitrogens with one attached hydrogen (secondary N) is 1. The summed E-state index contributed by atoms with van der Waals surface area (Å²) in [5.74, 6) is -3.20. The number of benzene rings is 2. The first-order valence-corrected chi connectivity index (χ1v) is 13.3. The lowest BCUT2D eigenvalue weighted by Gasteiger charge is -2.28. The number of hydrogen-bond acceptors (Lipinski definition) is 5. The summed E-state index contributed by atoms with van der Waals surface area (Å²) >= 11 is 22.2. The number of nitrogens with zero attached hydrogens (tertiary/aromatic N) is 1. The van der Waals surface area contributed by atoms with Gasteiger partial charge in [-0.05, 0) is 77.0 Å². The molecule has 6 atom stereocenters. The van der Waals surface area contributed by atoms with Crippen molar-refractivity contribution in [2.24, 2.45) is 23.7 Å². The molecule has 2 aliphatic carbocycles. The number of esters is 1. The number of rotatable bonds is 5. The largest absolute Gasteiger partial charge is 0.452 e. The van der Waals surface area contributed by atoms with E-state index >= 15 is 0 Å². The van der Waals surface area contributed by atoms with Crippen molar-refractivity contribution in [3.05, 3.63) is 57.0 Å². The fourth-order valence-electron chi connectivity index (χ4n) is 5.56. The zero-order chi connectivity index (χ0) is 25.9. The van der Waals surface area contributed by atoms with Crippen molar-refractivity contribution in [2.45, 2.75) is 24.1 Å². The van der Waals surface area contributed by atoms with Crippen LogP contribution in [0.3, 0.4) is 0 Å². The SMILES string of the molecule is Cc1cc(Br)c(Cl)cc1NC(=O)COC(=O)c1cccc(N2C(=O)[C@@H]3[C@H]4C[C@@H]([C@H](Cl)[C@@H]4Cl)[C@@H]3C2=O)c1. The van der Waals surface area contributed by atoms with E-state index in [-0.39, 0.29) is 45.7 Å². The summed E-state index contributed by atoms with van der Waals surface area (Å²) in [7, 11) is 0. The van der Waals surface area contributed by atoms with Gasteiger partial charge in [-0.3, -0.25) is 19.3 Å². The smallest absolute Gasteiger partial charge is 0.338 e. The van der Waals surface area contributed by atoms with Gasteiger partial charge in [0.15, 0.2) is 6.61 Å². The van der Waals surface area contributed by atoms with Crippen LogP contribution in [-0.4, -0.2) is 41.1 Å². The lowest BCUT2D eigenvalue weighted by molar-refractivity contribution is -0.123. The Labute approximate surface area is 230 Å². The molecule has 0 radical (unpaired) electrons. The molecule has 0 spiro atoms. The van der Waals surface area contributed by atoms with Crippen LogP contribution in [0.4, 0.5) is 11.4 Å². The first kappa shape index (κ1) is 25.5. The summed E-state index contributed by atoms with van der Waals surface area (Å²) in [5, 5.41) is 2.39. The van der Waals surface area contributed by atoms with Gasteiger partial charge < -0.3 is 10.1 Å². The molecule has 11 heteroatoms. The van der Waals surface area contributed by atoms with Gasteiger partial charge in [0.1, 0.15) is 0 Å². The van der Waals surface area contributed by atoms with Crippen LogP contribution in [0.5, 0.6) is 0 Å². The molecule has 188 valence electrons. The molecule has 7 nitrogen and oxygen atoms in total. The average molecular weight is 615 g/mol. The number of halogens is 4. The van der Waals surface area contributed by atoms with E-state index < -0.39 is 30.3 Å². The molecule has 36 heavy (non-hydrogen) atoms. The minimum Gasteiger partial charge on any atom is -0.452 e. The third kappa shape index (κ3) is 4.22. The van der Waals surface area contributed by atoms with Crippen LogP contribution >= 0.6 is 50.7 Å². The molecule has 2 bridgehead atoms. The predicted octanol–water partition coefficient (Wildman–Crippen LogP) is 5.18. The lowest BCUT2D eigenvalue weighted by atomic mass is 9.80. The van der Waals surface area contributed by atoms with Crippen LogP contribution in [0, 0.1) is 30.6 Å². The van der Waals surface area contributed by atoms with Gasteiger partial charge in [0, 0.05) is 10.2 Å². The van der Waals surface area contributed by atoms with Crippen molar-refractivity contribution in [2.75, 3.05) is 16.8 Å². The fourth-order valence-corrected chi connectivity index (χ4v) is 7.07. The Morgan fingerprint density at radius 2 is 1.72 bits per heavy atom. The van der Waals surface area contributed by atoms with E-state index in [4.69, 9.17) is 39.5 Å². The third-order valence-electron chi connectivity index (χ3n) is 7.20. The summed E-state index contributed by atoms with van der Waals surface area (Å²) < 4.78 is 5.85. The number of amides is 3. The maximum atomic E-state index is 13.2. The molecular weight excluding hydrogens is 595 g/mol. The van der Waals surface area contributed by atoms with E-state index in [1.807, 2.05) is 0 Å². The normalized spacial score (nSPS) is 28.4. The summed E-state index contributed by atoms with van der Waals surface area (Å²) in [6.07, 6.45) is 0.670. The number of ether oxygens (including phenoxy) is 1. The van der Waals surface area contributed by atoms with Crippen LogP contribution in [0.2, 0.25) is 5.02 Å². The maximum Gasteiger partial charge on any atom is 0.338 e. The van der Waals surface area contributed by atoms with Gasteiger partial charge in [0.2, 0.25) is 11.8 Å². The van der Waals surface area contributed by atoms with Crippen molar-refractivity contribution in [3.8, 4) is 0 Å². The van der Waals surface area contributed by atoms with E-state index in [1.165, 1.54) is 12.1 Å². The molecule has 2 saturated carbocycles. The van der Waals surface area contributed by atoms with Gasteiger partial charge >= 0.3 is 5.97 Å². The Morgan fingerprint density at radius 3 is 2.36 bits per heavy atom. The monoisotopic (exact) mass is 612 g/mol. The van der Waals surface area contributed by atoms with E-state index in [0.29, 0.717) is 21.6 Å². The summed E-state index contributed by atoms with van der Waals surface area (Å²) in [4.78, 5) is 52.5. The Balaban J connectivity index is 1.26. The molecule has 3 fully saturated rings. The molecule has 0 unspecified atom stereocenters. The molecule has 1 saturated heterocycles. The molecule has 1 aliphatic heterocycles. The fraction of sp³-hybridized carbons (Fsp3) is 0.360. The zero-order valence-corrected chi connectivity index (χ0v) is 22.7. The Morgan fingerprint density at radius 1 is 1.08 bits per heavy atom. The van der Waals surface area contributed by atoms with Gasteiger partial charge in [-0.2, -0.15) is 0 Å². The zero-order valence-electron chi connectivity index (χ0n) is 18.8. The van der Waals surface area contributed by atoms with E-state index in [0.717, 1.165) is 10.5 Å². The molecule has 5 rings (SSSR count). The first-order valence-electron chi connectivity index (χ1n) is 11.3. The average Bonchev–Trinajstić information content (AvgIpc) is 3.45. The summed E-state index contributed by atoms with van der Waals surface area (Å²) in [5.41, 5.74) is 1.65. The minimum absolute atomic E-state index is 0.106. The third-order valence-corrected chi connectivity index (χ3v) is 9.72. The van der Waals surface area contributed by atoms with Gasteiger partial charge in [-0.15, -0.1) is 23.2 Å². The maximum absolute atomic E-state index is 13.2. The van der Waals surface area contributed by atoms with Crippen LogP contribution < -0.4 is 10.2 Å². The quantitative estimate of drug-likeness (QED) is 0.285. The lowest BCUT2D eigenvalue weighted by Crippen LogP contribution is -2.37. The minimum atomic E-state index is -0.765. The Hall–Kier alpha value is -2.13. The second-order valence-corrected chi connectivity index (χ2v) is 11.5. The molecule has 1 N–H and O–H groups in total. The first-order chi connectivity index (χ1) is 17.1. The molecule has 1 heterocycles. The molecule has 3 aliphatic rings. The number of anilines is 2. The van der Waals surface area contributed by atoms with Crippen LogP contribution in [0.25, 0.3) is 0 Å². The Kier molecular flexibility index (Phi) is 6.83. The van der Waals surface area contributed by atoms with Crippen molar-refractivity contribution in [3.63, 3.8) is 0 Å². The topological polar surface area (TPSA) is 92.8 Å². The molecule has 2 aromatic rings. The summed E-state index contributed by atoms with van der Waals surface area (Å²) in [6.45, 7) is 1.27. The van der Waals surface area contributed by atoms with Gasteiger partial charge in [0.05, 0.1) is 38.9 Å². The van der Waals surface area contributed by atoms with Crippen molar-refractivity contribution in [1.29, 1.82) is 0 Å². The standard InChI is InChI=1S/C25H20BrCl3N2O5/c1-10-5-15(26)16(27)8-17(10)30-18(32)9-36-25(35)11-3-2-4-12(6-11)31-23(33)19-13-7-14(20(19)24(31)34)22(29)21(13)28/h2-6,8,13-14,19-22H,7,9H2,1H3,(H,30,32)/t13-,14-,19-,20+,21-,22+/m1/s1. The van der Waals surface area contributed by atoms with Gasteiger partial charge in [0.25, 0.3) is 5.91 Å². The highest BCUT2D eigenvalue weighted by Crippen LogP contribution is 2.59. The highest BCUT2D eigenvalue weighted by molar-refractivity contribution is 9.10. The molecule has 3 amide bonds. The number of alkyl halides is 2. The van der Waals surface area contributed by atoms with E-state index in [9.17, 15) is 19.2 Å². The van der Waals surface area contributed by atoms with Gasteiger partial charge in [-0.25, -0.2) is 4.79 Å². The number of hydrogen-bond donors (Lipinski definition) is 1. The second-order valence-electron chi connectivity index (χ2n) is 9.27. The predicted molar refractivity (Wildman–Crippen MR) is 140 cm³/mol.